The highest BCUT2D eigenvalue weighted by atomic mass is 35.5. The molecule has 1 fully saturated rings. The molecule has 122 valence electrons. The first-order valence-electron chi connectivity index (χ1n) is 7.24. The molecule has 0 bridgehead atoms. The van der Waals surface area contributed by atoms with Crippen LogP contribution >= 0.6 is 11.6 Å². The average Bonchev–Trinajstić information content (AvgIpc) is 2.97. The Morgan fingerprint density at radius 3 is 2.82 bits per heavy atom. The van der Waals surface area contributed by atoms with Crippen LogP contribution in [0.15, 0.2) is 24.3 Å². The zero-order valence-electron chi connectivity index (χ0n) is 12.4. The minimum atomic E-state index is -3.53. The van der Waals surface area contributed by atoms with Crippen molar-refractivity contribution in [3.8, 4) is 0 Å². The van der Waals surface area contributed by atoms with Gasteiger partial charge in [-0.15, -0.1) is 0 Å². The van der Waals surface area contributed by atoms with Crippen LogP contribution < -0.4 is 5.32 Å². The minimum absolute atomic E-state index is 0.103. The molecule has 1 aliphatic rings. The molecule has 1 aromatic carbocycles. The van der Waals surface area contributed by atoms with Gasteiger partial charge in [0.2, 0.25) is 5.91 Å². The van der Waals surface area contributed by atoms with Crippen molar-refractivity contribution in [1.82, 2.24) is 5.32 Å². The van der Waals surface area contributed by atoms with E-state index in [0.29, 0.717) is 11.6 Å². The third-order valence-corrected chi connectivity index (χ3v) is 6.26. The summed E-state index contributed by atoms with van der Waals surface area (Å²) < 4.78 is 29.8. The molecule has 0 aliphatic carbocycles. The Bertz CT molecular complexity index is 626. The number of amides is 1. The van der Waals surface area contributed by atoms with Crippen LogP contribution in [0, 0.1) is 0 Å². The first-order chi connectivity index (χ1) is 10.4. The van der Waals surface area contributed by atoms with E-state index in [0.717, 1.165) is 18.4 Å². The first kappa shape index (κ1) is 17.2. The Labute approximate surface area is 135 Å². The highest BCUT2D eigenvalue weighted by molar-refractivity contribution is 7.92. The van der Waals surface area contributed by atoms with Crippen molar-refractivity contribution in [2.45, 2.75) is 37.7 Å². The molecule has 1 aromatic rings. The van der Waals surface area contributed by atoms with Crippen LogP contribution in [0.25, 0.3) is 0 Å². The van der Waals surface area contributed by atoms with Crippen LogP contribution in [-0.2, 0) is 25.9 Å². The second-order valence-electron chi connectivity index (χ2n) is 5.42. The summed E-state index contributed by atoms with van der Waals surface area (Å²) in [5.41, 5.74) is 0.751. The smallest absolute Gasteiger partial charge is 0.238 e. The van der Waals surface area contributed by atoms with Gasteiger partial charge >= 0.3 is 0 Å². The van der Waals surface area contributed by atoms with Gasteiger partial charge in [0.25, 0.3) is 0 Å². The van der Waals surface area contributed by atoms with Gasteiger partial charge in [-0.2, -0.15) is 0 Å². The van der Waals surface area contributed by atoms with Crippen LogP contribution in [0.4, 0.5) is 0 Å². The van der Waals surface area contributed by atoms with Gasteiger partial charge in [-0.05, 0) is 31.4 Å². The largest absolute Gasteiger partial charge is 0.377 e. The Hall–Kier alpha value is -1.11. The second-order valence-corrected chi connectivity index (χ2v) is 8.19. The molecule has 0 saturated carbocycles. The monoisotopic (exact) mass is 345 g/mol. The summed E-state index contributed by atoms with van der Waals surface area (Å²) in [6.07, 6.45) is 1.31. The van der Waals surface area contributed by atoms with E-state index in [1.54, 1.807) is 18.2 Å². The molecule has 0 aromatic heterocycles. The fraction of sp³-hybridized carbons (Fsp3) is 0.533. The Morgan fingerprint density at radius 2 is 2.18 bits per heavy atom. The number of nitrogens with one attached hydrogen (secondary N) is 1. The van der Waals surface area contributed by atoms with Gasteiger partial charge in [0, 0.05) is 18.2 Å². The van der Waals surface area contributed by atoms with Gasteiger partial charge in [0.05, 0.1) is 11.9 Å². The number of ether oxygens (including phenoxy) is 1. The molecule has 1 amide bonds. The second kappa shape index (κ2) is 7.44. The van der Waals surface area contributed by atoms with Crippen molar-refractivity contribution in [1.29, 1.82) is 0 Å². The van der Waals surface area contributed by atoms with Gasteiger partial charge in [-0.25, -0.2) is 8.42 Å². The van der Waals surface area contributed by atoms with E-state index in [4.69, 9.17) is 16.3 Å². The molecule has 7 heteroatoms. The number of carbonyl (C=O) groups is 1. The number of rotatable bonds is 6. The number of carbonyl (C=O) groups excluding carboxylic acids is 1. The van der Waals surface area contributed by atoms with E-state index < -0.39 is 21.0 Å². The van der Waals surface area contributed by atoms with Gasteiger partial charge < -0.3 is 10.1 Å². The zero-order chi connectivity index (χ0) is 16.2. The Morgan fingerprint density at radius 1 is 1.45 bits per heavy atom. The van der Waals surface area contributed by atoms with Crippen LogP contribution in [0.1, 0.15) is 25.3 Å². The summed E-state index contributed by atoms with van der Waals surface area (Å²) in [4.78, 5) is 12.1. The zero-order valence-corrected chi connectivity index (χ0v) is 14.0. The van der Waals surface area contributed by atoms with E-state index in [1.165, 1.54) is 6.92 Å². The van der Waals surface area contributed by atoms with Crippen molar-refractivity contribution in [2.24, 2.45) is 0 Å². The normalized spacial score (nSPS) is 19.8. The maximum Gasteiger partial charge on any atom is 0.238 e. The quantitative estimate of drug-likeness (QED) is 0.855. The maximum atomic E-state index is 12.2. The third kappa shape index (κ3) is 4.44. The van der Waals surface area contributed by atoms with Crippen molar-refractivity contribution >= 4 is 27.3 Å². The van der Waals surface area contributed by atoms with Crippen LogP contribution in [0.2, 0.25) is 5.02 Å². The lowest BCUT2D eigenvalue weighted by Gasteiger charge is -2.16. The number of hydrogen-bond acceptors (Lipinski definition) is 4. The molecule has 0 spiro atoms. The SMILES string of the molecule is C[C@@H](C(=O)NCc1ccccc1Cl)S(=O)(=O)C[C@@H]1CCCO1. The van der Waals surface area contributed by atoms with Crippen molar-refractivity contribution < 1.29 is 17.9 Å². The fourth-order valence-corrected chi connectivity index (χ4v) is 3.99. The van der Waals surface area contributed by atoms with E-state index in [9.17, 15) is 13.2 Å². The van der Waals surface area contributed by atoms with Crippen LogP contribution in [0.3, 0.4) is 0 Å². The Balaban J connectivity index is 1.92. The van der Waals surface area contributed by atoms with E-state index in [2.05, 4.69) is 5.32 Å². The molecular weight excluding hydrogens is 326 g/mol. The molecule has 1 N–H and O–H groups in total. The summed E-state index contributed by atoms with van der Waals surface area (Å²) in [7, 11) is -3.53. The fourth-order valence-electron chi connectivity index (χ4n) is 2.31. The maximum absolute atomic E-state index is 12.2. The van der Waals surface area contributed by atoms with Crippen LogP contribution in [0.5, 0.6) is 0 Å². The standard InChI is InChI=1S/C15H20ClNO4S/c1-11(22(19,20)10-13-6-4-8-21-13)15(18)17-9-12-5-2-3-7-14(12)16/h2-3,5,7,11,13H,4,6,8-10H2,1H3,(H,17,18)/t11-,13-/m0/s1. The number of halogens is 1. The number of hydrogen-bond donors (Lipinski definition) is 1. The lowest BCUT2D eigenvalue weighted by Crippen LogP contribution is -2.40. The molecular formula is C15H20ClNO4S. The summed E-state index contributed by atoms with van der Waals surface area (Å²) in [6, 6.07) is 7.11. The minimum Gasteiger partial charge on any atom is -0.377 e. The van der Waals surface area contributed by atoms with Gasteiger partial charge in [0.1, 0.15) is 5.25 Å². The molecule has 2 rings (SSSR count). The van der Waals surface area contributed by atoms with Gasteiger partial charge in [-0.1, -0.05) is 29.8 Å². The molecule has 5 nitrogen and oxygen atoms in total. The van der Waals surface area contributed by atoms with Gasteiger partial charge in [0.15, 0.2) is 9.84 Å². The summed E-state index contributed by atoms with van der Waals surface area (Å²) >= 11 is 6.00. The Kier molecular flexibility index (Phi) is 5.83. The summed E-state index contributed by atoms with van der Waals surface area (Å²) in [5, 5.41) is 2.07. The molecule has 1 aliphatic heterocycles. The molecule has 1 saturated heterocycles. The molecule has 2 atom stereocenters. The summed E-state index contributed by atoms with van der Waals surface area (Å²) in [6.45, 7) is 2.21. The number of benzene rings is 1. The van der Waals surface area contributed by atoms with E-state index in [1.807, 2.05) is 6.07 Å². The third-order valence-electron chi connectivity index (χ3n) is 3.76. The van der Waals surface area contributed by atoms with Crippen molar-refractivity contribution in [3.05, 3.63) is 34.9 Å². The average molecular weight is 346 g/mol. The number of sulfone groups is 1. The summed E-state index contributed by atoms with van der Waals surface area (Å²) in [5.74, 6) is -0.619. The lowest BCUT2D eigenvalue weighted by atomic mass is 10.2. The molecule has 22 heavy (non-hydrogen) atoms. The predicted octanol–water partition coefficient (Wildman–Crippen LogP) is 1.94. The highest BCUT2D eigenvalue weighted by Crippen LogP contribution is 2.17. The van der Waals surface area contributed by atoms with Crippen LogP contribution in [-0.4, -0.2) is 38.0 Å². The van der Waals surface area contributed by atoms with Gasteiger partial charge in [-0.3, -0.25) is 4.79 Å². The van der Waals surface area contributed by atoms with E-state index in [-0.39, 0.29) is 18.4 Å². The first-order valence-corrected chi connectivity index (χ1v) is 9.34. The highest BCUT2D eigenvalue weighted by Gasteiger charge is 2.32. The molecule has 0 radical (unpaired) electrons. The predicted molar refractivity (Wildman–Crippen MR) is 85.5 cm³/mol. The molecule has 1 heterocycles. The topological polar surface area (TPSA) is 72.5 Å². The van der Waals surface area contributed by atoms with Crippen molar-refractivity contribution in [2.75, 3.05) is 12.4 Å². The van der Waals surface area contributed by atoms with Crippen molar-refractivity contribution in [3.63, 3.8) is 0 Å². The molecule has 0 unspecified atom stereocenters. The van der Waals surface area contributed by atoms with E-state index >= 15 is 0 Å². The lowest BCUT2D eigenvalue weighted by molar-refractivity contribution is -0.120.